The first-order chi connectivity index (χ1) is 14.2. The fraction of sp³-hybridized carbons (Fsp3) is 0.417. The van der Waals surface area contributed by atoms with Crippen LogP contribution in [0.2, 0.25) is 0 Å². The standard InChI is InChI=1S/C24H25N3O2/c25-13-15-4-6-16(7-5-15)18-8-9-21-20(12-18)23-19(22(14-28)26-21)10-11-27(23)24(29)17-2-1-3-17/h4-9,12,17,19,22-23,26,28H,1-3,10-11,14H2/t19-,22-,23-/m0/s1. The van der Waals surface area contributed by atoms with Crippen LogP contribution in [-0.2, 0) is 4.79 Å². The summed E-state index contributed by atoms with van der Waals surface area (Å²) in [7, 11) is 0. The van der Waals surface area contributed by atoms with Crippen molar-refractivity contribution in [2.45, 2.75) is 37.8 Å². The summed E-state index contributed by atoms with van der Waals surface area (Å²) in [6.07, 6.45) is 4.08. The zero-order chi connectivity index (χ0) is 20.0. The predicted molar refractivity (Wildman–Crippen MR) is 111 cm³/mol. The van der Waals surface area contributed by atoms with E-state index in [1.807, 2.05) is 24.3 Å². The van der Waals surface area contributed by atoms with E-state index in [1.165, 1.54) is 0 Å². The van der Waals surface area contributed by atoms with Crippen molar-refractivity contribution >= 4 is 11.6 Å². The first kappa shape index (κ1) is 18.2. The Bertz CT molecular complexity index is 975. The zero-order valence-electron chi connectivity index (χ0n) is 16.3. The molecule has 0 unspecified atom stereocenters. The van der Waals surface area contributed by atoms with Crippen LogP contribution in [0.5, 0.6) is 0 Å². The highest BCUT2D eigenvalue weighted by atomic mass is 16.3. The summed E-state index contributed by atoms with van der Waals surface area (Å²) >= 11 is 0. The Kier molecular flexibility index (Phi) is 4.52. The molecule has 1 saturated carbocycles. The first-order valence-electron chi connectivity index (χ1n) is 10.5. The molecule has 1 amide bonds. The molecule has 1 saturated heterocycles. The minimum Gasteiger partial charge on any atom is -0.394 e. The fourth-order valence-corrected chi connectivity index (χ4v) is 5.12. The van der Waals surface area contributed by atoms with Gasteiger partial charge in [-0.1, -0.05) is 24.6 Å². The number of aliphatic hydroxyl groups excluding tert-OH is 1. The fourth-order valence-electron chi connectivity index (χ4n) is 5.12. The van der Waals surface area contributed by atoms with Gasteiger partial charge in [0.15, 0.2) is 0 Å². The molecule has 0 bridgehead atoms. The molecule has 5 nitrogen and oxygen atoms in total. The van der Waals surface area contributed by atoms with E-state index in [9.17, 15) is 9.90 Å². The minimum atomic E-state index is -0.0209. The molecule has 2 fully saturated rings. The minimum absolute atomic E-state index is 0.0209. The second-order valence-corrected chi connectivity index (χ2v) is 8.48. The van der Waals surface area contributed by atoms with Crippen LogP contribution in [-0.4, -0.2) is 35.1 Å². The van der Waals surface area contributed by atoms with Crippen LogP contribution in [0.3, 0.4) is 0 Å². The van der Waals surface area contributed by atoms with Gasteiger partial charge in [0.2, 0.25) is 5.91 Å². The Balaban J connectivity index is 1.54. The molecule has 2 aromatic rings. The number of aliphatic hydroxyl groups is 1. The van der Waals surface area contributed by atoms with Crippen molar-refractivity contribution in [1.82, 2.24) is 4.90 Å². The van der Waals surface area contributed by atoms with Crippen LogP contribution in [0.25, 0.3) is 11.1 Å². The molecular formula is C24H25N3O2. The molecule has 29 heavy (non-hydrogen) atoms. The molecule has 2 heterocycles. The van der Waals surface area contributed by atoms with Crippen LogP contribution >= 0.6 is 0 Å². The summed E-state index contributed by atoms with van der Waals surface area (Å²) in [6.45, 7) is 0.840. The average Bonchev–Trinajstić information content (AvgIpc) is 3.17. The van der Waals surface area contributed by atoms with Crippen molar-refractivity contribution in [3.63, 3.8) is 0 Å². The van der Waals surface area contributed by atoms with E-state index in [-0.39, 0.29) is 36.4 Å². The number of nitrogens with one attached hydrogen (secondary N) is 1. The summed E-state index contributed by atoms with van der Waals surface area (Å²) in [4.78, 5) is 15.2. The molecule has 0 aromatic heterocycles. The van der Waals surface area contributed by atoms with Gasteiger partial charge in [-0.15, -0.1) is 0 Å². The van der Waals surface area contributed by atoms with Gasteiger partial charge in [0.25, 0.3) is 0 Å². The largest absolute Gasteiger partial charge is 0.394 e. The number of carbonyl (C=O) groups is 1. The Morgan fingerprint density at radius 3 is 2.55 bits per heavy atom. The maximum Gasteiger partial charge on any atom is 0.226 e. The lowest BCUT2D eigenvalue weighted by Gasteiger charge is -2.41. The third kappa shape index (κ3) is 2.99. The van der Waals surface area contributed by atoms with Gasteiger partial charge in [0.05, 0.1) is 30.3 Å². The van der Waals surface area contributed by atoms with Crippen molar-refractivity contribution in [1.29, 1.82) is 5.26 Å². The number of benzene rings is 2. The SMILES string of the molecule is N#Cc1ccc(-c2ccc3c(c2)[C@@H]2[C@@H](CCN2C(=O)C2CCC2)[C@H](CO)N3)cc1. The topological polar surface area (TPSA) is 76.4 Å². The summed E-state index contributed by atoms with van der Waals surface area (Å²) in [6, 6.07) is 16.1. The number of likely N-dealkylation sites (tertiary alicyclic amines) is 1. The average molecular weight is 387 g/mol. The van der Waals surface area contributed by atoms with E-state index in [1.54, 1.807) is 0 Å². The molecule has 5 rings (SSSR count). The van der Waals surface area contributed by atoms with Crippen molar-refractivity contribution in [3.05, 3.63) is 53.6 Å². The predicted octanol–water partition coefficient (Wildman–Crippen LogP) is 3.70. The van der Waals surface area contributed by atoms with Crippen LogP contribution in [0.4, 0.5) is 5.69 Å². The van der Waals surface area contributed by atoms with Gasteiger partial charge in [-0.2, -0.15) is 5.26 Å². The molecular weight excluding hydrogens is 362 g/mol. The number of hydrogen-bond acceptors (Lipinski definition) is 4. The number of amides is 1. The summed E-state index contributed by atoms with van der Waals surface area (Å²) in [5.41, 5.74) is 4.94. The van der Waals surface area contributed by atoms with E-state index in [0.29, 0.717) is 5.56 Å². The quantitative estimate of drug-likeness (QED) is 0.842. The van der Waals surface area contributed by atoms with Crippen molar-refractivity contribution < 1.29 is 9.90 Å². The Morgan fingerprint density at radius 2 is 1.90 bits per heavy atom. The van der Waals surface area contributed by atoms with E-state index in [4.69, 9.17) is 5.26 Å². The number of hydrogen-bond donors (Lipinski definition) is 2. The molecule has 2 aliphatic heterocycles. The normalized spacial score (nSPS) is 25.4. The number of rotatable bonds is 3. The highest BCUT2D eigenvalue weighted by Gasteiger charge is 2.47. The van der Waals surface area contributed by atoms with Gasteiger partial charge in [0.1, 0.15) is 0 Å². The molecule has 2 N–H and O–H groups in total. The lowest BCUT2D eigenvalue weighted by Crippen LogP contribution is -2.45. The molecule has 2 aromatic carbocycles. The van der Waals surface area contributed by atoms with E-state index >= 15 is 0 Å². The molecule has 0 spiro atoms. The Labute approximate surface area is 171 Å². The lowest BCUT2D eigenvalue weighted by molar-refractivity contribution is -0.139. The maximum absolute atomic E-state index is 13.1. The van der Waals surface area contributed by atoms with Gasteiger partial charge < -0.3 is 15.3 Å². The number of nitriles is 1. The third-order valence-corrected chi connectivity index (χ3v) is 6.95. The highest BCUT2D eigenvalue weighted by Crippen LogP contribution is 2.48. The van der Waals surface area contributed by atoms with Crippen molar-refractivity contribution in [2.75, 3.05) is 18.5 Å². The Morgan fingerprint density at radius 1 is 1.14 bits per heavy atom. The Hall–Kier alpha value is -2.84. The van der Waals surface area contributed by atoms with Crippen LogP contribution in [0, 0.1) is 23.2 Å². The van der Waals surface area contributed by atoms with Crippen LogP contribution in [0.1, 0.15) is 42.9 Å². The number of nitrogens with zero attached hydrogens (tertiary/aromatic N) is 2. The molecule has 3 aliphatic rings. The van der Waals surface area contributed by atoms with Gasteiger partial charge in [0, 0.05) is 24.1 Å². The maximum atomic E-state index is 13.1. The summed E-state index contributed by atoms with van der Waals surface area (Å²) in [5.74, 6) is 0.700. The smallest absolute Gasteiger partial charge is 0.226 e. The number of fused-ring (bicyclic) bond motifs is 3. The molecule has 148 valence electrons. The molecule has 5 heteroatoms. The lowest BCUT2D eigenvalue weighted by atomic mass is 9.80. The van der Waals surface area contributed by atoms with Crippen molar-refractivity contribution in [3.8, 4) is 17.2 Å². The number of carbonyl (C=O) groups excluding carboxylic acids is 1. The van der Waals surface area contributed by atoms with E-state index in [2.05, 4.69) is 34.5 Å². The van der Waals surface area contributed by atoms with Crippen molar-refractivity contribution in [2.24, 2.45) is 11.8 Å². The molecule has 1 aliphatic carbocycles. The van der Waals surface area contributed by atoms with Gasteiger partial charge in [-0.05, 0) is 60.2 Å². The monoisotopic (exact) mass is 387 g/mol. The first-order valence-corrected chi connectivity index (χ1v) is 10.5. The summed E-state index contributed by atoms with van der Waals surface area (Å²) < 4.78 is 0. The molecule has 3 atom stereocenters. The van der Waals surface area contributed by atoms with E-state index in [0.717, 1.165) is 54.6 Å². The van der Waals surface area contributed by atoms with Crippen LogP contribution in [0.15, 0.2) is 42.5 Å². The second-order valence-electron chi connectivity index (χ2n) is 8.48. The zero-order valence-corrected chi connectivity index (χ0v) is 16.3. The van der Waals surface area contributed by atoms with Crippen LogP contribution < -0.4 is 5.32 Å². The second kappa shape index (κ2) is 7.20. The summed E-state index contributed by atoms with van der Waals surface area (Å²) in [5, 5.41) is 22.5. The number of anilines is 1. The van der Waals surface area contributed by atoms with E-state index < -0.39 is 0 Å². The highest BCUT2D eigenvalue weighted by molar-refractivity contribution is 5.81. The van der Waals surface area contributed by atoms with Gasteiger partial charge in [-0.25, -0.2) is 0 Å². The van der Waals surface area contributed by atoms with Gasteiger partial charge in [-0.3, -0.25) is 4.79 Å². The third-order valence-electron chi connectivity index (χ3n) is 6.95. The van der Waals surface area contributed by atoms with Gasteiger partial charge >= 0.3 is 0 Å². The molecule has 0 radical (unpaired) electrons.